The van der Waals surface area contributed by atoms with Crippen molar-refractivity contribution in [1.82, 2.24) is 10.2 Å². The molecule has 1 aliphatic carbocycles. The largest absolute Gasteiger partial charge is 0.488 e. The molecule has 1 heterocycles. The van der Waals surface area contributed by atoms with Crippen molar-refractivity contribution >= 4 is 69.7 Å². The second kappa shape index (κ2) is 9.80. The maximum Gasteiger partial charge on any atom is 0.331 e. The third-order valence-corrected chi connectivity index (χ3v) is 7.05. The molecule has 0 radical (unpaired) electrons. The molecule has 2 fully saturated rings. The fourth-order valence-electron chi connectivity index (χ4n) is 3.85. The van der Waals surface area contributed by atoms with E-state index in [9.17, 15) is 14.4 Å². The van der Waals surface area contributed by atoms with E-state index < -0.39 is 17.8 Å². The zero-order valence-electron chi connectivity index (χ0n) is 16.9. The van der Waals surface area contributed by atoms with Gasteiger partial charge in [-0.15, -0.1) is 0 Å². The zero-order valence-corrected chi connectivity index (χ0v) is 20.5. The summed E-state index contributed by atoms with van der Waals surface area (Å²) in [5.41, 5.74) is 1.50. The Bertz CT molecular complexity index is 1130. The van der Waals surface area contributed by atoms with Crippen LogP contribution in [0.4, 0.5) is 4.79 Å². The summed E-state index contributed by atoms with van der Waals surface area (Å²) < 4.78 is 6.68. The van der Waals surface area contributed by atoms with Crippen molar-refractivity contribution in [2.24, 2.45) is 0 Å². The van der Waals surface area contributed by atoms with Gasteiger partial charge in [0, 0.05) is 6.04 Å². The summed E-state index contributed by atoms with van der Waals surface area (Å²) in [7, 11) is 0. The number of carbonyl (C=O) groups excluding carboxylic acids is 3. The van der Waals surface area contributed by atoms with Crippen molar-refractivity contribution in [3.63, 3.8) is 0 Å². The van der Waals surface area contributed by atoms with Crippen molar-refractivity contribution in [3.05, 3.63) is 66.7 Å². The molecule has 9 heteroatoms. The Morgan fingerprint density at radius 1 is 1.06 bits per heavy atom. The van der Waals surface area contributed by atoms with Crippen LogP contribution >= 0.6 is 45.8 Å². The first kappa shape index (κ1) is 23.1. The number of benzene rings is 2. The zero-order chi connectivity index (χ0) is 22.8. The van der Waals surface area contributed by atoms with E-state index in [1.807, 2.05) is 12.1 Å². The fraction of sp³-hybridized carbons (Fsp3) is 0.261. The first-order valence-electron chi connectivity index (χ1n) is 10.1. The van der Waals surface area contributed by atoms with Crippen LogP contribution in [0.3, 0.4) is 0 Å². The van der Waals surface area contributed by atoms with Crippen molar-refractivity contribution in [2.45, 2.75) is 38.3 Å². The molecule has 1 N–H and O–H groups in total. The number of rotatable bonds is 5. The number of nitrogens with one attached hydrogen (secondary N) is 1. The Hall–Kier alpha value is -2.10. The lowest BCUT2D eigenvalue weighted by molar-refractivity contribution is -0.131. The number of amides is 4. The summed E-state index contributed by atoms with van der Waals surface area (Å²) in [6, 6.07) is 9.86. The van der Waals surface area contributed by atoms with Crippen LogP contribution < -0.4 is 10.1 Å². The van der Waals surface area contributed by atoms with Gasteiger partial charge in [-0.25, -0.2) is 4.79 Å². The van der Waals surface area contributed by atoms with E-state index >= 15 is 0 Å². The van der Waals surface area contributed by atoms with Crippen LogP contribution in [0, 0.1) is 3.57 Å². The molecular formula is C23H19Cl2IN2O4. The molecule has 0 aromatic heterocycles. The lowest BCUT2D eigenvalue weighted by atomic mass is 10.1. The van der Waals surface area contributed by atoms with E-state index in [4.69, 9.17) is 27.9 Å². The van der Waals surface area contributed by atoms with E-state index in [2.05, 4.69) is 27.9 Å². The summed E-state index contributed by atoms with van der Waals surface area (Å²) >= 11 is 14.1. The quantitative estimate of drug-likeness (QED) is 0.283. The van der Waals surface area contributed by atoms with Crippen LogP contribution in [0.1, 0.15) is 36.8 Å². The van der Waals surface area contributed by atoms with Crippen molar-refractivity contribution in [3.8, 4) is 5.75 Å². The number of carbonyl (C=O) groups is 3. The van der Waals surface area contributed by atoms with Crippen molar-refractivity contribution in [1.29, 1.82) is 0 Å². The predicted molar refractivity (Wildman–Crippen MR) is 131 cm³/mol. The van der Waals surface area contributed by atoms with Gasteiger partial charge in [-0.3, -0.25) is 19.8 Å². The van der Waals surface area contributed by atoms with E-state index in [1.165, 1.54) is 11.0 Å². The summed E-state index contributed by atoms with van der Waals surface area (Å²) in [6.07, 6.45) is 4.98. The number of ether oxygens (including phenoxy) is 1. The lowest BCUT2D eigenvalue weighted by Gasteiger charge is -2.31. The Morgan fingerprint density at radius 2 is 1.81 bits per heavy atom. The molecule has 166 valence electrons. The van der Waals surface area contributed by atoms with Crippen LogP contribution in [0.25, 0.3) is 6.08 Å². The first-order valence-corrected chi connectivity index (χ1v) is 11.9. The van der Waals surface area contributed by atoms with Crippen LogP contribution in [0.2, 0.25) is 10.0 Å². The van der Waals surface area contributed by atoms with Gasteiger partial charge in [0.2, 0.25) is 0 Å². The Balaban J connectivity index is 1.51. The topological polar surface area (TPSA) is 75.7 Å². The number of imide groups is 2. The molecule has 0 atom stereocenters. The van der Waals surface area contributed by atoms with Gasteiger partial charge in [0.1, 0.15) is 17.9 Å². The average molecular weight is 585 g/mol. The monoisotopic (exact) mass is 584 g/mol. The van der Waals surface area contributed by atoms with Crippen LogP contribution in [0.15, 0.2) is 42.0 Å². The van der Waals surface area contributed by atoms with Crippen LogP contribution in [-0.2, 0) is 16.2 Å². The van der Waals surface area contributed by atoms with Gasteiger partial charge in [-0.2, -0.15) is 0 Å². The van der Waals surface area contributed by atoms with Crippen molar-refractivity contribution < 1.29 is 19.1 Å². The summed E-state index contributed by atoms with van der Waals surface area (Å²) in [5.74, 6) is -0.564. The van der Waals surface area contributed by atoms with Gasteiger partial charge >= 0.3 is 6.03 Å². The number of barbiturate groups is 1. The molecule has 1 aliphatic heterocycles. The Labute approximate surface area is 209 Å². The third kappa shape index (κ3) is 4.94. The minimum Gasteiger partial charge on any atom is -0.488 e. The number of hydrogen-bond acceptors (Lipinski definition) is 4. The van der Waals surface area contributed by atoms with Crippen LogP contribution in [0.5, 0.6) is 5.75 Å². The molecule has 1 saturated carbocycles. The third-order valence-electron chi connectivity index (χ3n) is 5.47. The number of hydrogen-bond donors (Lipinski definition) is 1. The highest BCUT2D eigenvalue weighted by atomic mass is 127. The minimum atomic E-state index is -0.677. The highest BCUT2D eigenvalue weighted by Crippen LogP contribution is 2.29. The molecule has 1 saturated heterocycles. The highest BCUT2D eigenvalue weighted by molar-refractivity contribution is 14.1. The molecule has 32 heavy (non-hydrogen) atoms. The normalized spacial score (nSPS) is 18.4. The van der Waals surface area contributed by atoms with Gasteiger partial charge in [-0.1, -0.05) is 48.2 Å². The van der Waals surface area contributed by atoms with E-state index in [-0.39, 0.29) is 11.6 Å². The summed E-state index contributed by atoms with van der Waals surface area (Å²) in [4.78, 5) is 38.7. The molecule has 6 nitrogen and oxygen atoms in total. The second-order valence-electron chi connectivity index (χ2n) is 7.66. The van der Waals surface area contributed by atoms with E-state index in [0.717, 1.165) is 34.8 Å². The molecule has 2 aromatic rings. The van der Waals surface area contributed by atoms with Gasteiger partial charge in [0.25, 0.3) is 11.8 Å². The molecular weight excluding hydrogens is 566 g/mol. The van der Waals surface area contributed by atoms with Gasteiger partial charge in [0.05, 0.1) is 13.6 Å². The van der Waals surface area contributed by atoms with Gasteiger partial charge in [-0.05, 0) is 76.9 Å². The van der Waals surface area contributed by atoms with E-state index in [0.29, 0.717) is 28.0 Å². The average Bonchev–Trinajstić information content (AvgIpc) is 3.27. The predicted octanol–water partition coefficient (Wildman–Crippen LogP) is 5.58. The summed E-state index contributed by atoms with van der Waals surface area (Å²) in [5, 5.41) is 3.24. The number of nitrogens with zero attached hydrogens (tertiary/aromatic N) is 1. The fourth-order valence-corrected chi connectivity index (χ4v) is 4.86. The molecule has 0 spiro atoms. The second-order valence-corrected chi connectivity index (χ2v) is 9.63. The SMILES string of the molecule is O=C1NC(=O)N(C2CCCC2)C(=O)/C1=C/c1ccc(OCc2ccc(Cl)c(Cl)c2)c(I)c1. The molecule has 4 rings (SSSR count). The smallest absolute Gasteiger partial charge is 0.331 e. The van der Waals surface area contributed by atoms with Gasteiger partial charge in [0.15, 0.2) is 0 Å². The standard InChI is InChI=1S/C23H19Cl2IN2O4/c24-17-7-5-14(10-18(17)25)12-32-20-8-6-13(11-19(20)26)9-16-21(29)27-23(31)28(22(16)30)15-3-1-2-4-15/h5-11,15H,1-4,12H2,(H,27,29,31)/b16-9+. The Kier molecular flexibility index (Phi) is 7.07. The molecule has 4 amide bonds. The van der Waals surface area contributed by atoms with E-state index in [1.54, 1.807) is 24.3 Å². The summed E-state index contributed by atoms with van der Waals surface area (Å²) in [6.45, 7) is 0.312. The molecule has 0 unspecified atom stereocenters. The van der Waals surface area contributed by atoms with Crippen molar-refractivity contribution in [2.75, 3.05) is 0 Å². The molecule has 2 aromatic carbocycles. The first-order chi connectivity index (χ1) is 15.3. The maximum absolute atomic E-state index is 12.9. The lowest BCUT2D eigenvalue weighted by Crippen LogP contribution is -2.57. The highest BCUT2D eigenvalue weighted by Gasteiger charge is 2.40. The van der Waals surface area contributed by atoms with Crippen LogP contribution in [-0.4, -0.2) is 28.8 Å². The van der Waals surface area contributed by atoms with Gasteiger partial charge < -0.3 is 4.74 Å². The molecule has 2 aliphatic rings. The Morgan fingerprint density at radius 3 is 2.50 bits per heavy atom. The maximum atomic E-state index is 12.9. The number of urea groups is 1. The number of halogens is 3. The molecule has 0 bridgehead atoms. The minimum absolute atomic E-state index is 0.0447.